The van der Waals surface area contributed by atoms with Gasteiger partial charge >= 0.3 is 0 Å². The molecule has 0 aromatic heterocycles. The minimum atomic E-state index is -1.18. The van der Waals surface area contributed by atoms with E-state index in [4.69, 9.17) is 5.40 Å². The van der Waals surface area contributed by atoms with Crippen molar-refractivity contribution in [3.63, 3.8) is 0 Å². The maximum absolute atomic E-state index is 6.42. The molecular weight excluding hydrogens is 170 g/mol. The predicted molar refractivity (Wildman–Crippen MR) is 58.6 cm³/mol. The second-order valence-corrected chi connectivity index (χ2v) is 21.2. The van der Waals surface area contributed by atoms with Crippen LogP contribution in [0.1, 0.15) is 27.7 Å². The number of hydrogen-bond donors (Lipinski definition) is 1. The van der Waals surface area contributed by atoms with Crippen molar-refractivity contribution in [2.75, 3.05) is 0 Å². The zero-order valence-corrected chi connectivity index (χ0v) is 12.4. The van der Waals surface area contributed by atoms with Crippen molar-refractivity contribution in [3.8, 4) is 0 Å². The minimum Gasteiger partial charge on any atom is -0.353 e. The van der Waals surface area contributed by atoms with Crippen LogP contribution in [0.15, 0.2) is 0 Å². The molecule has 62 valence electrons. The normalized spacial score (nSPS) is 14.7. The third kappa shape index (κ3) is 2.05. The van der Waals surface area contributed by atoms with Gasteiger partial charge in [-0.25, -0.2) is 0 Å². The van der Waals surface area contributed by atoms with Gasteiger partial charge in [-0.2, -0.15) is 0 Å². The van der Waals surface area contributed by atoms with E-state index >= 15 is 0 Å². The first-order valence-electron chi connectivity index (χ1n) is 4.24. The summed E-state index contributed by atoms with van der Waals surface area (Å²) >= 11 is 0. The molecule has 4 heteroatoms. The van der Waals surface area contributed by atoms with Gasteiger partial charge in [0.25, 0.3) is 0 Å². The molecule has 0 atom stereocenters. The van der Waals surface area contributed by atoms with Gasteiger partial charge in [0.2, 0.25) is 0 Å². The lowest BCUT2D eigenvalue weighted by Crippen LogP contribution is -2.57. The van der Waals surface area contributed by atoms with E-state index in [0.29, 0.717) is 0 Å². The molecule has 0 spiro atoms. The van der Waals surface area contributed by atoms with E-state index in [9.17, 15) is 0 Å². The Balaban J connectivity index is 4.23. The maximum atomic E-state index is 6.42. The highest BCUT2D eigenvalue weighted by molar-refractivity contribution is 7.39. The van der Waals surface area contributed by atoms with Gasteiger partial charge in [-0.15, -0.1) is 0 Å². The molecular formula is C6H21NSi3. The summed E-state index contributed by atoms with van der Waals surface area (Å²) in [6.07, 6.45) is 0. The first-order chi connectivity index (χ1) is 4.45. The fraction of sp³-hybridized carbons (Fsp3) is 1.00. The SMILES string of the molecule is CC(C)[Si](N)([SiH2][SiH3])C(C)C. The molecule has 0 saturated heterocycles. The van der Waals surface area contributed by atoms with Crippen LogP contribution in [0.25, 0.3) is 0 Å². The van der Waals surface area contributed by atoms with Crippen molar-refractivity contribution in [2.24, 2.45) is 5.40 Å². The molecule has 0 heterocycles. The van der Waals surface area contributed by atoms with E-state index in [1.54, 1.807) is 0 Å². The third-order valence-corrected chi connectivity index (χ3v) is 27.9. The van der Waals surface area contributed by atoms with Gasteiger partial charge in [0, 0.05) is 8.55 Å². The quantitative estimate of drug-likeness (QED) is 0.607. The molecule has 0 aliphatic carbocycles. The van der Waals surface area contributed by atoms with E-state index in [1.807, 2.05) is 0 Å². The standard InChI is InChI=1S/C6H21NSi3/c1-5(2)10(7,9-8)6(3)4/h5-6H,7,9H2,1-4,8H3. The van der Waals surface area contributed by atoms with Crippen molar-refractivity contribution in [3.05, 3.63) is 0 Å². The van der Waals surface area contributed by atoms with Crippen LogP contribution < -0.4 is 5.40 Å². The zero-order valence-electron chi connectivity index (χ0n) is 7.94. The van der Waals surface area contributed by atoms with Crippen LogP contribution in [0.5, 0.6) is 0 Å². The van der Waals surface area contributed by atoms with Crippen LogP contribution in [-0.4, -0.2) is 26.1 Å². The molecule has 0 aromatic rings. The van der Waals surface area contributed by atoms with Crippen molar-refractivity contribution in [1.29, 1.82) is 0 Å². The summed E-state index contributed by atoms with van der Waals surface area (Å²) in [7, 11) is 0.433. The van der Waals surface area contributed by atoms with Crippen molar-refractivity contribution < 1.29 is 0 Å². The zero-order chi connectivity index (χ0) is 8.36. The molecule has 10 heavy (non-hydrogen) atoms. The largest absolute Gasteiger partial charge is 0.353 e. The Morgan fingerprint density at radius 2 is 1.50 bits per heavy atom. The fourth-order valence-electron chi connectivity index (χ4n) is 1.48. The molecule has 0 saturated carbocycles. The Labute approximate surface area is 70.7 Å². The van der Waals surface area contributed by atoms with Crippen molar-refractivity contribution >= 4 is 26.1 Å². The highest BCUT2D eigenvalue weighted by Gasteiger charge is 2.33. The van der Waals surface area contributed by atoms with Crippen LogP contribution in [0.3, 0.4) is 0 Å². The second kappa shape index (κ2) is 3.85. The monoisotopic (exact) mass is 191 g/mol. The van der Waals surface area contributed by atoms with Crippen molar-refractivity contribution in [1.82, 2.24) is 0 Å². The Bertz CT molecular complexity index is 95.2. The van der Waals surface area contributed by atoms with Gasteiger partial charge in [-0.1, -0.05) is 27.7 Å². The topological polar surface area (TPSA) is 26.0 Å². The third-order valence-electron chi connectivity index (χ3n) is 2.76. The van der Waals surface area contributed by atoms with Gasteiger partial charge in [0.05, 0.1) is 0 Å². The average molecular weight is 191 g/mol. The van der Waals surface area contributed by atoms with Crippen LogP contribution in [-0.2, 0) is 0 Å². The summed E-state index contributed by atoms with van der Waals surface area (Å²) in [5, 5.41) is 6.42. The molecule has 0 amide bonds. The summed E-state index contributed by atoms with van der Waals surface area (Å²) in [5.41, 5.74) is 1.63. The van der Waals surface area contributed by atoms with Gasteiger partial charge in [-0.05, 0) is 20.8 Å². The van der Waals surface area contributed by atoms with Crippen molar-refractivity contribution in [2.45, 2.75) is 38.8 Å². The maximum Gasteiger partial charge on any atom is 0.107 e. The lowest BCUT2D eigenvalue weighted by atomic mass is 10.5. The van der Waals surface area contributed by atoms with Gasteiger partial charge in [0.15, 0.2) is 0 Å². The van der Waals surface area contributed by atoms with E-state index in [2.05, 4.69) is 27.7 Å². The highest BCUT2D eigenvalue weighted by atomic mass is 29.5. The summed E-state index contributed by atoms with van der Waals surface area (Å²) in [6, 6.07) is 0. The van der Waals surface area contributed by atoms with Crippen LogP contribution in [0.4, 0.5) is 0 Å². The molecule has 0 rings (SSSR count). The van der Waals surface area contributed by atoms with Gasteiger partial charge in [0.1, 0.15) is 7.75 Å². The molecule has 1 nitrogen and oxygen atoms in total. The Hall–Kier alpha value is 0.611. The number of hydrogen-bond acceptors (Lipinski definition) is 1. The first kappa shape index (κ1) is 10.6. The summed E-state index contributed by atoms with van der Waals surface area (Å²) in [4.78, 5) is 0. The Morgan fingerprint density at radius 3 is 1.50 bits per heavy atom. The molecule has 0 unspecified atom stereocenters. The Morgan fingerprint density at radius 1 is 1.20 bits per heavy atom. The minimum absolute atomic E-state index is 0.192. The van der Waals surface area contributed by atoms with E-state index in [-0.39, 0.29) is 8.55 Å². The molecule has 2 N–H and O–H groups in total. The summed E-state index contributed by atoms with van der Waals surface area (Å²) < 4.78 is 0. The second-order valence-electron chi connectivity index (χ2n) is 3.78. The highest BCUT2D eigenvalue weighted by Crippen LogP contribution is 2.24. The molecule has 0 aliphatic heterocycles. The van der Waals surface area contributed by atoms with E-state index in [1.165, 1.54) is 9.76 Å². The van der Waals surface area contributed by atoms with E-state index in [0.717, 1.165) is 11.1 Å². The fourth-order valence-corrected chi connectivity index (χ4v) is 24.0. The van der Waals surface area contributed by atoms with Crippen LogP contribution >= 0.6 is 0 Å². The average Bonchev–Trinajstić information content (AvgIpc) is 1.85. The Kier molecular flexibility index (Phi) is 4.08. The summed E-state index contributed by atoms with van der Waals surface area (Å²) in [5.74, 6) is 0. The van der Waals surface area contributed by atoms with Gasteiger partial charge < -0.3 is 5.40 Å². The molecule has 0 fully saturated rings. The van der Waals surface area contributed by atoms with E-state index < -0.39 is 7.75 Å². The smallest absolute Gasteiger partial charge is 0.107 e. The summed E-state index contributed by atoms with van der Waals surface area (Å²) in [6.45, 7) is 9.27. The molecule has 0 bridgehead atoms. The lowest BCUT2D eigenvalue weighted by Gasteiger charge is -2.33. The van der Waals surface area contributed by atoms with Crippen LogP contribution in [0.2, 0.25) is 11.1 Å². The van der Waals surface area contributed by atoms with Gasteiger partial charge in [-0.3, -0.25) is 0 Å². The lowest BCUT2D eigenvalue weighted by molar-refractivity contribution is 0.918. The number of nitrogens with two attached hydrogens (primary N) is 1. The predicted octanol–water partition coefficient (Wildman–Crippen LogP) is -0.344. The first-order valence-corrected chi connectivity index (χ1v) is 14.5. The molecule has 0 aliphatic rings. The molecule has 0 aromatic carbocycles. The molecule has 0 radical (unpaired) electrons. The van der Waals surface area contributed by atoms with Crippen LogP contribution in [0, 0.1) is 0 Å². The number of rotatable bonds is 3.